The SMILES string of the molecule is CCc1nc2ccc(C(=O)NCCN3CCOCC3)cc2nc1CC. The van der Waals surface area contributed by atoms with Crippen LogP contribution in [0, 0.1) is 0 Å². The molecule has 1 N–H and O–H groups in total. The van der Waals surface area contributed by atoms with E-state index in [0.717, 1.165) is 68.1 Å². The van der Waals surface area contributed by atoms with Crippen LogP contribution >= 0.6 is 0 Å². The van der Waals surface area contributed by atoms with Gasteiger partial charge in [0.15, 0.2) is 0 Å². The van der Waals surface area contributed by atoms with Crippen molar-refractivity contribution in [2.75, 3.05) is 39.4 Å². The molecule has 0 bridgehead atoms. The van der Waals surface area contributed by atoms with Crippen LogP contribution in [0.1, 0.15) is 35.6 Å². The molecule has 6 heteroatoms. The Balaban J connectivity index is 1.66. The van der Waals surface area contributed by atoms with Gasteiger partial charge in [-0.05, 0) is 31.0 Å². The van der Waals surface area contributed by atoms with Crippen molar-refractivity contribution < 1.29 is 9.53 Å². The van der Waals surface area contributed by atoms with Gasteiger partial charge >= 0.3 is 0 Å². The summed E-state index contributed by atoms with van der Waals surface area (Å²) in [6.45, 7) is 9.07. The number of ether oxygens (including phenoxy) is 1. The van der Waals surface area contributed by atoms with Gasteiger partial charge < -0.3 is 10.1 Å². The van der Waals surface area contributed by atoms with Crippen LogP contribution in [0.2, 0.25) is 0 Å². The fourth-order valence-corrected chi connectivity index (χ4v) is 3.09. The Morgan fingerprint density at radius 1 is 1.12 bits per heavy atom. The number of aryl methyl sites for hydroxylation is 2. The van der Waals surface area contributed by atoms with Crippen molar-refractivity contribution in [3.05, 3.63) is 35.2 Å². The molecule has 25 heavy (non-hydrogen) atoms. The topological polar surface area (TPSA) is 67.4 Å². The second-order valence-electron chi connectivity index (χ2n) is 6.24. The average Bonchev–Trinajstić information content (AvgIpc) is 2.67. The molecule has 0 spiro atoms. The minimum absolute atomic E-state index is 0.0606. The number of benzene rings is 1. The predicted molar refractivity (Wildman–Crippen MR) is 97.9 cm³/mol. The molecule has 0 saturated carbocycles. The molecular weight excluding hydrogens is 316 g/mol. The van der Waals surface area contributed by atoms with E-state index < -0.39 is 0 Å². The van der Waals surface area contributed by atoms with Crippen molar-refractivity contribution >= 4 is 16.9 Å². The van der Waals surface area contributed by atoms with Crippen LogP contribution in [0.3, 0.4) is 0 Å². The minimum atomic E-state index is -0.0606. The van der Waals surface area contributed by atoms with E-state index in [9.17, 15) is 4.79 Å². The molecule has 1 aliphatic rings. The number of fused-ring (bicyclic) bond motifs is 1. The second kappa shape index (κ2) is 8.36. The van der Waals surface area contributed by atoms with Gasteiger partial charge in [-0.2, -0.15) is 0 Å². The molecule has 2 heterocycles. The molecule has 0 atom stereocenters. The average molecular weight is 342 g/mol. The Morgan fingerprint density at radius 2 is 1.80 bits per heavy atom. The molecule has 0 unspecified atom stereocenters. The highest BCUT2D eigenvalue weighted by Crippen LogP contribution is 2.16. The van der Waals surface area contributed by atoms with Gasteiger partial charge in [-0.15, -0.1) is 0 Å². The number of carbonyl (C=O) groups is 1. The number of amides is 1. The van der Waals surface area contributed by atoms with Crippen LogP contribution in [0.5, 0.6) is 0 Å². The van der Waals surface area contributed by atoms with Crippen LogP contribution in [0.15, 0.2) is 18.2 Å². The Hall–Kier alpha value is -2.05. The maximum absolute atomic E-state index is 12.4. The van der Waals surface area contributed by atoms with Gasteiger partial charge in [0.25, 0.3) is 5.91 Å². The van der Waals surface area contributed by atoms with Crippen molar-refractivity contribution in [3.63, 3.8) is 0 Å². The number of rotatable bonds is 6. The summed E-state index contributed by atoms with van der Waals surface area (Å²) in [6, 6.07) is 5.55. The van der Waals surface area contributed by atoms with E-state index in [0.29, 0.717) is 12.1 Å². The highest BCUT2D eigenvalue weighted by atomic mass is 16.5. The first kappa shape index (κ1) is 17.8. The molecule has 2 aromatic rings. The van der Waals surface area contributed by atoms with E-state index in [2.05, 4.69) is 29.0 Å². The zero-order valence-corrected chi connectivity index (χ0v) is 15.0. The Labute approximate surface area is 148 Å². The summed E-state index contributed by atoms with van der Waals surface area (Å²) in [5, 5.41) is 2.99. The lowest BCUT2D eigenvalue weighted by atomic mass is 10.1. The third-order valence-corrected chi connectivity index (χ3v) is 4.57. The summed E-state index contributed by atoms with van der Waals surface area (Å²) in [5.41, 5.74) is 4.32. The van der Waals surface area contributed by atoms with Crippen LogP contribution in [0.4, 0.5) is 0 Å². The van der Waals surface area contributed by atoms with Crippen molar-refractivity contribution in [1.29, 1.82) is 0 Å². The zero-order valence-electron chi connectivity index (χ0n) is 15.0. The summed E-state index contributed by atoms with van der Waals surface area (Å²) in [6.07, 6.45) is 1.72. The van der Waals surface area contributed by atoms with Crippen LogP contribution in [-0.4, -0.2) is 60.2 Å². The van der Waals surface area contributed by atoms with E-state index in [1.54, 1.807) is 0 Å². The van der Waals surface area contributed by atoms with Crippen molar-refractivity contribution in [2.45, 2.75) is 26.7 Å². The Morgan fingerprint density at radius 3 is 2.48 bits per heavy atom. The van der Waals surface area contributed by atoms with E-state index in [1.165, 1.54) is 0 Å². The number of morpholine rings is 1. The molecular formula is C19H26N4O2. The summed E-state index contributed by atoms with van der Waals surface area (Å²) in [7, 11) is 0. The fraction of sp³-hybridized carbons (Fsp3) is 0.526. The number of nitrogens with zero attached hydrogens (tertiary/aromatic N) is 3. The highest BCUT2D eigenvalue weighted by Gasteiger charge is 2.12. The third-order valence-electron chi connectivity index (χ3n) is 4.57. The fourth-order valence-electron chi connectivity index (χ4n) is 3.09. The van der Waals surface area contributed by atoms with Crippen LogP contribution in [0.25, 0.3) is 11.0 Å². The van der Waals surface area contributed by atoms with Gasteiger partial charge in [-0.1, -0.05) is 13.8 Å². The number of nitrogens with one attached hydrogen (secondary N) is 1. The summed E-state index contributed by atoms with van der Waals surface area (Å²) < 4.78 is 5.33. The minimum Gasteiger partial charge on any atom is -0.379 e. The smallest absolute Gasteiger partial charge is 0.251 e. The number of aromatic nitrogens is 2. The molecule has 6 nitrogen and oxygen atoms in total. The predicted octanol–water partition coefficient (Wildman–Crippen LogP) is 1.82. The van der Waals surface area contributed by atoms with Crippen molar-refractivity contribution in [3.8, 4) is 0 Å². The van der Waals surface area contributed by atoms with E-state index in [-0.39, 0.29) is 5.91 Å². The summed E-state index contributed by atoms with van der Waals surface area (Å²) >= 11 is 0. The van der Waals surface area contributed by atoms with E-state index in [4.69, 9.17) is 9.72 Å². The standard InChI is InChI=1S/C19H26N4O2/c1-3-15-16(4-2)22-18-13-14(5-6-17(18)21-15)19(24)20-7-8-23-9-11-25-12-10-23/h5-6,13H,3-4,7-12H2,1-2H3,(H,20,24). The quantitative estimate of drug-likeness (QED) is 0.867. The number of carbonyl (C=O) groups excluding carboxylic acids is 1. The molecule has 1 aromatic heterocycles. The van der Waals surface area contributed by atoms with Crippen molar-refractivity contribution in [2.24, 2.45) is 0 Å². The first-order valence-electron chi connectivity index (χ1n) is 9.09. The monoisotopic (exact) mass is 342 g/mol. The Bertz CT molecular complexity index is 742. The third kappa shape index (κ3) is 4.32. The van der Waals surface area contributed by atoms with Gasteiger partial charge in [0, 0.05) is 31.7 Å². The van der Waals surface area contributed by atoms with Gasteiger partial charge in [0.05, 0.1) is 35.6 Å². The molecule has 1 aromatic carbocycles. The lowest BCUT2D eigenvalue weighted by molar-refractivity contribution is 0.0383. The molecule has 1 saturated heterocycles. The van der Waals surface area contributed by atoms with E-state index in [1.807, 2.05) is 18.2 Å². The van der Waals surface area contributed by atoms with Crippen molar-refractivity contribution in [1.82, 2.24) is 20.2 Å². The van der Waals surface area contributed by atoms with Gasteiger partial charge in [0.1, 0.15) is 0 Å². The molecule has 1 fully saturated rings. The molecule has 0 radical (unpaired) electrons. The second-order valence-corrected chi connectivity index (χ2v) is 6.24. The normalized spacial score (nSPS) is 15.4. The zero-order chi connectivity index (χ0) is 17.6. The molecule has 1 amide bonds. The molecule has 1 aliphatic heterocycles. The van der Waals surface area contributed by atoms with Gasteiger partial charge in [-0.3, -0.25) is 9.69 Å². The largest absolute Gasteiger partial charge is 0.379 e. The maximum atomic E-state index is 12.4. The maximum Gasteiger partial charge on any atom is 0.251 e. The first-order chi connectivity index (χ1) is 12.2. The molecule has 3 rings (SSSR count). The number of hydrogen-bond donors (Lipinski definition) is 1. The van der Waals surface area contributed by atoms with Gasteiger partial charge in [-0.25, -0.2) is 9.97 Å². The molecule has 134 valence electrons. The van der Waals surface area contributed by atoms with Crippen LogP contribution in [-0.2, 0) is 17.6 Å². The first-order valence-corrected chi connectivity index (χ1v) is 9.09. The lowest BCUT2D eigenvalue weighted by Gasteiger charge is -2.26. The van der Waals surface area contributed by atoms with Crippen LogP contribution < -0.4 is 5.32 Å². The van der Waals surface area contributed by atoms with Gasteiger partial charge in [0.2, 0.25) is 0 Å². The lowest BCUT2D eigenvalue weighted by Crippen LogP contribution is -2.41. The van der Waals surface area contributed by atoms with E-state index >= 15 is 0 Å². The number of hydrogen-bond acceptors (Lipinski definition) is 5. The molecule has 0 aliphatic carbocycles. The Kier molecular flexibility index (Phi) is 5.94. The summed E-state index contributed by atoms with van der Waals surface area (Å²) in [5.74, 6) is -0.0606. The summed E-state index contributed by atoms with van der Waals surface area (Å²) in [4.78, 5) is 24.1. The highest BCUT2D eigenvalue weighted by molar-refractivity contribution is 5.97.